The lowest BCUT2D eigenvalue weighted by Gasteiger charge is -2.34. The molecule has 1 unspecified atom stereocenters. The fourth-order valence-electron chi connectivity index (χ4n) is 2.06. The third-order valence-electron chi connectivity index (χ3n) is 3.01. The van der Waals surface area contributed by atoms with E-state index in [2.05, 4.69) is 36.0 Å². The molecular formula is C13H23NOS. The molecule has 1 aromatic rings. The molecule has 92 valence electrons. The Morgan fingerprint density at radius 3 is 2.75 bits per heavy atom. The predicted octanol–water partition coefficient (Wildman–Crippen LogP) is 3.08. The quantitative estimate of drug-likeness (QED) is 0.792. The summed E-state index contributed by atoms with van der Waals surface area (Å²) in [5, 5.41) is 7.73. The Morgan fingerprint density at radius 2 is 2.25 bits per heavy atom. The second kappa shape index (κ2) is 6.38. The zero-order chi connectivity index (χ0) is 12.0. The molecule has 0 aliphatic carbocycles. The van der Waals surface area contributed by atoms with Crippen LogP contribution in [0.5, 0.6) is 0 Å². The Kier molecular flexibility index (Phi) is 5.46. The highest BCUT2D eigenvalue weighted by Gasteiger charge is 2.28. The molecule has 0 bridgehead atoms. The number of thiophene rings is 1. The number of likely N-dealkylation sites (N-methyl/N-ethyl adjacent to an activating group) is 1. The summed E-state index contributed by atoms with van der Waals surface area (Å²) in [5.74, 6) is 0. The first-order valence-electron chi connectivity index (χ1n) is 5.92. The maximum absolute atomic E-state index is 5.79. The van der Waals surface area contributed by atoms with Gasteiger partial charge in [-0.15, -0.1) is 0 Å². The molecule has 0 fully saturated rings. The molecule has 0 aliphatic heterocycles. The van der Waals surface area contributed by atoms with Gasteiger partial charge in [0, 0.05) is 12.6 Å². The van der Waals surface area contributed by atoms with Crippen LogP contribution < -0.4 is 5.32 Å². The molecule has 16 heavy (non-hydrogen) atoms. The van der Waals surface area contributed by atoms with Gasteiger partial charge in [-0.1, -0.05) is 0 Å². The fourth-order valence-corrected chi connectivity index (χ4v) is 2.76. The number of ether oxygens (including phenoxy) is 1. The Hall–Kier alpha value is -0.380. The third-order valence-corrected chi connectivity index (χ3v) is 3.74. The van der Waals surface area contributed by atoms with Gasteiger partial charge in [0.25, 0.3) is 0 Å². The minimum atomic E-state index is -0.0977. The van der Waals surface area contributed by atoms with Gasteiger partial charge in [0.15, 0.2) is 0 Å². The highest BCUT2D eigenvalue weighted by Crippen LogP contribution is 2.20. The maximum Gasteiger partial charge on any atom is 0.0778 e. The smallest absolute Gasteiger partial charge is 0.0778 e. The SMILES string of the molecule is CCOC(C)(C)C(CCc1ccsc1)NC. The lowest BCUT2D eigenvalue weighted by Crippen LogP contribution is -2.47. The molecule has 0 spiro atoms. The van der Waals surface area contributed by atoms with Crippen LogP contribution in [0.25, 0.3) is 0 Å². The average Bonchev–Trinajstić information content (AvgIpc) is 2.71. The third kappa shape index (κ3) is 3.89. The molecule has 0 amide bonds. The van der Waals surface area contributed by atoms with Crippen molar-refractivity contribution in [2.45, 2.75) is 45.3 Å². The van der Waals surface area contributed by atoms with Gasteiger partial charge in [0.2, 0.25) is 0 Å². The molecular weight excluding hydrogens is 218 g/mol. The van der Waals surface area contributed by atoms with Gasteiger partial charge in [-0.05, 0) is 63.1 Å². The van der Waals surface area contributed by atoms with E-state index in [-0.39, 0.29) is 5.60 Å². The van der Waals surface area contributed by atoms with Crippen LogP contribution in [0.15, 0.2) is 16.8 Å². The van der Waals surface area contributed by atoms with Crippen LogP contribution in [0.4, 0.5) is 0 Å². The van der Waals surface area contributed by atoms with Crippen molar-refractivity contribution >= 4 is 11.3 Å². The summed E-state index contributed by atoms with van der Waals surface area (Å²) in [7, 11) is 2.01. The predicted molar refractivity (Wildman–Crippen MR) is 71.2 cm³/mol. The molecule has 1 rings (SSSR count). The molecule has 0 saturated heterocycles. The molecule has 1 aromatic heterocycles. The van der Waals surface area contributed by atoms with Gasteiger partial charge in [0.1, 0.15) is 0 Å². The summed E-state index contributed by atoms with van der Waals surface area (Å²) in [5.41, 5.74) is 1.33. The van der Waals surface area contributed by atoms with Crippen LogP contribution in [-0.4, -0.2) is 25.3 Å². The largest absolute Gasteiger partial charge is 0.374 e. The van der Waals surface area contributed by atoms with Crippen LogP contribution in [-0.2, 0) is 11.2 Å². The van der Waals surface area contributed by atoms with Crippen LogP contribution in [0, 0.1) is 0 Å². The van der Waals surface area contributed by atoms with Crippen molar-refractivity contribution in [3.05, 3.63) is 22.4 Å². The van der Waals surface area contributed by atoms with E-state index in [1.54, 1.807) is 11.3 Å². The molecule has 0 aliphatic rings. The highest BCUT2D eigenvalue weighted by molar-refractivity contribution is 7.07. The van der Waals surface area contributed by atoms with Crippen molar-refractivity contribution in [1.29, 1.82) is 0 Å². The van der Waals surface area contributed by atoms with E-state index in [0.717, 1.165) is 19.4 Å². The lowest BCUT2D eigenvalue weighted by molar-refractivity contribution is -0.0382. The lowest BCUT2D eigenvalue weighted by atomic mass is 9.93. The summed E-state index contributed by atoms with van der Waals surface area (Å²) in [4.78, 5) is 0. The maximum atomic E-state index is 5.79. The van der Waals surface area contributed by atoms with Crippen molar-refractivity contribution < 1.29 is 4.74 Å². The van der Waals surface area contributed by atoms with E-state index in [0.29, 0.717) is 6.04 Å². The Labute approximate surface area is 103 Å². The zero-order valence-corrected chi connectivity index (χ0v) is 11.6. The summed E-state index contributed by atoms with van der Waals surface area (Å²) < 4.78 is 5.79. The first-order chi connectivity index (χ1) is 7.60. The van der Waals surface area contributed by atoms with Crippen molar-refractivity contribution in [3.8, 4) is 0 Å². The van der Waals surface area contributed by atoms with Crippen molar-refractivity contribution in [3.63, 3.8) is 0 Å². The van der Waals surface area contributed by atoms with E-state index in [4.69, 9.17) is 4.74 Å². The van der Waals surface area contributed by atoms with Gasteiger partial charge in [0.05, 0.1) is 5.60 Å². The summed E-state index contributed by atoms with van der Waals surface area (Å²) in [6, 6.07) is 2.60. The fraction of sp³-hybridized carbons (Fsp3) is 0.692. The molecule has 0 radical (unpaired) electrons. The van der Waals surface area contributed by atoms with Crippen molar-refractivity contribution in [2.75, 3.05) is 13.7 Å². The van der Waals surface area contributed by atoms with Crippen molar-refractivity contribution in [1.82, 2.24) is 5.32 Å². The minimum Gasteiger partial charge on any atom is -0.374 e. The average molecular weight is 241 g/mol. The first kappa shape index (κ1) is 13.7. The topological polar surface area (TPSA) is 21.3 Å². The van der Waals surface area contributed by atoms with E-state index >= 15 is 0 Å². The van der Waals surface area contributed by atoms with Gasteiger partial charge in [-0.3, -0.25) is 0 Å². The van der Waals surface area contributed by atoms with Crippen LogP contribution in [0.1, 0.15) is 32.8 Å². The van der Waals surface area contributed by atoms with Gasteiger partial charge in [-0.2, -0.15) is 11.3 Å². The molecule has 2 nitrogen and oxygen atoms in total. The second-order valence-electron chi connectivity index (χ2n) is 4.55. The summed E-state index contributed by atoms with van der Waals surface area (Å²) in [6.07, 6.45) is 2.23. The number of hydrogen-bond acceptors (Lipinski definition) is 3. The Bertz CT molecular complexity index is 282. The van der Waals surface area contributed by atoms with E-state index in [1.165, 1.54) is 5.56 Å². The van der Waals surface area contributed by atoms with E-state index in [1.807, 2.05) is 14.0 Å². The Morgan fingerprint density at radius 1 is 1.50 bits per heavy atom. The second-order valence-corrected chi connectivity index (χ2v) is 5.33. The number of rotatable bonds is 7. The monoisotopic (exact) mass is 241 g/mol. The summed E-state index contributed by atoms with van der Waals surface area (Å²) in [6.45, 7) is 7.13. The van der Waals surface area contributed by atoms with Crippen molar-refractivity contribution in [2.24, 2.45) is 0 Å². The van der Waals surface area contributed by atoms with Gasteiger partial charge >= 0.3 is 0 Å². The van der Waals surface area contributed by atoms with Gasteiger partial charge in [-0.25, -0.2) is 0 Å². The van der Waals surface area contributed by atoms with Crippen LogP contribution >= 0.6 is 11.3 Å². The van der Waals surface area contributed by atoms with Crippen LogP contribution in [0.2, 0.25) is 0 Å². The number of hydrogen-bond donors (Lipinski definition) is 1. The minimum absolute atomic E-state index is 0.0977. The molecule has 1 atom stereocenters. The standard InChI is InChI=1S/C13H23NOS/c1-5-15-13(2,3)12(14-4)7-6-11-8-9-16-10-11/h8-10,12,14H,5-7H2,1-4H3. The molecule has 1 heterocycles. The zero-order valence-electron chi connectivity index (χ0n) is 10.7. The summed E-state index contributed by atoms with van der Waals surface area (Å²) >= 11 is 1.76. The van der Waals surface area contributed by atoms with E-state index in [9.17, 15) is 0 Å². The first-order valence-corrected chi connectivity index (χ1v) is 6.86. The normalized spacial score (nSPS) is 14.0. The molecule has 0 saturated carbocycles. The van der Waals surface area contributed by atoms with Crippen LogP contribution in [0.3, 0.4) is 0 Å². The van der Waals surface area contributed by atoms with E-state index < -0.39 is 0 Å². The number of aryl methyl sites for hydroxylation is 1. The number of nitrogens with one attached hydrogen (secondary N) is 1. The molecule has 0 aromatic carbocycles. The molecule has 3 heteroatoms. The highest BCUT2D eigenvalue weighted by atomic mass is 32.1. The molecule has 1 N–H and O–H groups in total. The Balaban J connectivity index is 2.48. The van der Waals surface area contributed by atoms with Gasteiger partial charge < -0.3 is 10.1 Å².